The van der Waals surface area contributed by atoms with Crippen molar-refractivity contribution in [2.24, 2.45) is 0 Å². The lowest BCUT2D eigenvalue weighted by molar-refractivity contribution is 0.110. The lowest BCUT2D eigenvalue weighted by Crippen LogP contribution is -2.36. The van der Waals surface area contributed by atoms with Gasteiger partial charge < -0.3 is 10.4 Å². The van der Waals surface area contributed by atoms with Crippen molar-refractivity contribution in [1.82, 2.24) is 10.2 Å². The van der Waals surface area contributed by atoms with E-state index in [-0.39, 0.29) is 6.10 Å². The van der Waals surface area contributed by atoms with Gasteiger partial charge in [0.1, 0.15) is 0 Å². The number of nitrogens with one attached hydrogen (secondary N) is 1. The second kappa shape index (κ2) is 6.15. The number of benzene rings is 1. The van der Waals surface area contributed by atoms with Crippen LogP contribution in [0.1, 0.15) is 24.5 Å². The van der Waals surface area contributed by atoms with E-state index >= 15 is 0 Å². The summed E-state index contributed by atoms with van der Waals surface area (Å²) in [5, 5.41) is 13.2. The van der Waals surface area contributed by atoms with Gasteiger partial charge in [0.25, 0.3) is 0 Å². The SMILES string of the molecule is CCCNCC(O)CN1Cc2ccccc2C1. The van der Waals surface area contributed by atoms with Crippen LogP contribution in [-0.2, 0) is 13.1 Å². The van der Waals surface area contributed by atoms with Crippen molar-refractivity contribution in [1.29, 1.82) is 0 Å². The fraction of sp³-hybridized carbons (Fsp3) is 0.571. The van der Waals surface area contributed by atoms with Crippen LogP contribution in [0.3, 0.4) is 0 Å². The van der Waals surface area contributed by atoms with E-state index in [1.54, 1.807) is 0 Å². The van der Waals surface area contributed by atoms with Crippen molar-refractivity contribution >= 4 is 0 Å². The zero-order valence-corrected chi connectivity index (χ0v) is 10.5. The van der Waals surface area contributed by atoms with Crippen molar-refractivity contribution < 1.29 is 5.11 Å². The number of aliphatic hydroxyl groups excluding tert-OH is 1. The molecule has 0 bridgehead atoms. The highest BCUT2D eigenvalue weighted by Crippen LogP contribution is 2.21. The Kier molecular flexibility index (Phi) is 4.54. The topological polar surface area (TPSA) is 35.5 Å². The molecule has 3 nitrogen and oxygen atoms in total. The molecule has 0 aromatic heterocycles. The minimum Gasteiger partial charge on any atom is -0.390 e. The molecule has 0 spiro atoms. The predicted octanol–water partition coefficient (Wildman–Crippen LogP) is 1.36. The van der Waals surface area contributed by atoms with Crippen LogP contribution in [0.4, 0.5) is 0 Å². The summed E-state index contributed by atoms with van der Waals surface area (Å²) in [6.45, 7) is 6.52. The zero-order chi connectivity index (χ0) is 12.1. The molecule has 0 saturated carbocycles. The third-order valence-electron chi connectivity index (χ3n) is 3.18. The second-order valence-corrected chi connectivity index (χ2v) is 4.80. The van der Waals surface area contributed by atoms with Gasteiger partial charge in [0.2, 0.25) is 0 Å². The standard InChI is InChI=1S/C14H22N2O/c1-2-7-15-8-14(17)11-16-9-12-5-3-4-6-13(12)10-16/h3-6,14-15,17H,2,7-11H2,1H3. The van der Waals surface area contributed by atoms with Gasteiger partial charge in [0, 0.05) is 26.2 Å². The Morgan fingerprint density at radius 3 is 2.53 bits per heavy atom. The molecule has 0 fully saturated rings. The van der Waals surface area contributed by atoms with Crippen molar-refractivity contribution in [2.45, 2.75) is 32.5 Å². The van der Waals surface area contributed by atoms with Crippen LogP contribution < -0.4 is 5.32 Å². The van der Waals surface area contributed by atoms with Crippen LogP contribution in [0.15, 0.2) is 24.3 Å². The van der Waals surface area contributed by atoms with Crippen molar-refractivity contribution in [3.63, 3.8) is 0 Å². The maximum Gasteiger partial charge on any atom is 0.0791 e. The molecule has 0 saturated heterocycles. The van der Waals surface area contributed by atoms with E-state index in [1.807, 2.05) is 0 Å². The Bertz CT molecular complexity index is 329. The molecule has 2 rings (SSSR count). The van der Waals surface area contributed by atoms with Crippen molar-refractivity contribution in [2.75, 3.05) is 19.6 Å². The molecule has 1 aromatic rings. The van der Waals surface area contributed by atoms with Crippen LogP contribution in [0.2, 0.25) is 0 Å². The third-order valence-corrected chi connectivity index (χ3v) is 3.18. The average molecular weight is 234 g/mol. The van der Waals surface area contributed by atoms with E-state index in [2.05, 4.69) is 41.4 Å². The quantitative estimate of drug-likeness (QED) is 0.730. The van der Waals surface area contributed by atoms with Gasteiger partial charge in [-0.05, 0) is 24.1 Å². The summed E-state index contributed by atoms with van der Waals surface area (Å²) in [6, 6.07) is 8.53. The molecule has 2 N–H and O–H groups in total. The van der Waals surface area contributed by atoms with Gasteiger partial charge in [-0.3, -0.25) is 4.90 Å². The molecule has 1 heterocycles. The third kappa shape index (κ3) is 3.53. The number of aliphatic hydroxyl groups is 1. The Morgan fingerprint density at radius 1 is 1.29 bits per heavy atom. The normalized spacial score (nSPS) is 17.1. The summed E-state index contributed by atoms with van der Waals surface area (Å²) in [7, 11) is 0. The fourth-order valence-corrected chi connectivity index (χ4v) is 2.34. The maximum atomic E-state index is 9.91. The van der Waals surface area contributed by atoms with E-state index in [1.165, 1.54) is 11.1 Å². The number of nitrogens with zero attached hydrogens (tertiary/aromatic N) is 1. The van der Waals surface area contributed by atoms with Crippen molar-refractivity contribution in [3.05, 3.63) is 35.4 Å². The summed E-state index contributed by atoms with van der Waals surface area (Å²) in [5.74, 6) is 0. The highest BCUT2D eigenvalue weighted by molar-refractivity contribution is 5.30. The first-order chi connectivity index (χ1) is 8.29. The highest BCUT2D eigenvalue weighted by atomic mass is 16.3. The Balaban J connectivity index is 1.75. The van der Waals surface area contributed by atoms with Crippen molar-refractivity contribution in [3.8, 4) is 0 Å². The van der Waals surface area contributed by atoms with Gasteiger partial charge in [0.05, 0.1) is 6.10 Å². The molecule has 1 aliphatic heterocycles. The smallest absolute Gasteiger partial charge is 0.0791 e. The summed E-state index contributed by atoms with van der Waals surface area (Å²) in [6.07, 6.45) is 0.845. The summed E-state index contributed by atoms with van der Waals surface area (Å²) >= 11 is 0. The first kappa shape index (κ1) is 12.6. The first-order valence-electron chi connectivity index (χ1n) is 6.47. The lowest BCUT2D eigenvalue weighted by Gasteiger charge is -2.19. The first-order valence-corrected chi connectivity index (χ1v) is 6.47. The van der Waals surface area contributed by atoms with E-state index in [4.69, 9.17) is 0 Å². The number of hydrogen-bond donors (Lipinski definition) is 2. The van der Waals surface area contributed by atoms with Crippen LogP contribution in [0, 0.1) is 0 Å². The minimum absolute atomic E-state index is 0.268. The molecule has 1 aromatic carbocycles. The minimum atomic E-state index is -0.268. The molecule has 0 radical (unpaired) electrons. The van der Waals surface area contributed by atoms with Gasteiger partial charge in [-0.25, -0.2) is 0 Å². The van der Waals surface area contributed by atoms with E-state index in [0.717, 1.165) is 32.6 Å². The van der Waals surface area contributed by atoms with Gasteiger partial charge >= 0.3 is 0 Å². The van der Waals surface area contributed by atoms with E-state index < -0.39 is 0 Å². The molecule has 1 atom stereocenters. The predicted molar refractivity (Wildman–Crippen MR) is 69.7 cm³/mol. The summed E-state index contributed by atoms with van der Waals surface area (Å²) in [4.78, 5) is 2.31. The monoisotopic (exact) mass is 234 g/mol. The van der Waals surface area contributed by atoms with Crippen LogP contribution in [0.5, 0.6) is 0 Å². The van der Waals surface area contributed by atoms with Crippen LogP contribution in [-0.4, -0.2) is 35.7 Å². The van der Waals surface area contributed by atoms with Gasteiger partial charge in [-0.2, -0.15) is 0 Å². The highest BCUT2D eigenvalue weighted by Gasteiger charge is 2.20. The summed E-state index contributed by atoms with van der Waals surface area (Å²) in [5.41, 5.74) is 2.81. The van der Waals surface area contributed by atoms with Crippen LogP contribution in [0.25, 0.3) is 0 Å². The molecule has 0 aliphatic carbocycles. The Morgan fingerprint density at radius 2 is 1.94 bits per heavy atom. The second-order valence-electron chi connectivity index (χ2n) is 4.80. The maximum absolute atomic E-state index is 9.91. The Hall–Kier alpha value is -0.900. The number of β-amino-alcohol motifs (C(OH)–C–C–N with tert-alkyl or cyclic N) is 1. The number of fused-ring (bicyclic) bond motifs is 1. The van der Waals surface area contributed by atoms with Crippen LogP contribution >= 0.6 is 0 Å². The average Bonchev–Trinajstić information content (AvgIpc) is 2.71. The largest absolute Gasteiger partial charge is 0.390 e. The molecule has 1 aliphatic rings. The molecule has 1 unspecified atom stereocenters. The number of hydrogen-bond acceptors (Lipinski definition) is 3. The van der Waals surface area contributed by atoms with Gasteiger partial charge in [-0.15, -0.1) is 0 Å². The van der Waals surface area contributed by atoms with Gasteiger partial charge in [0.15, 0.2) is 0 Å². The summed E-state index contributed by atoms with van der Waals surface area (Å²) < 4.78 is 0. The Labute approximate surface area is 103 Å². The molecule has 3 heteroatoms. The fourth-order valence-electron chi connectivity index (χ4n) is 2.34. The lowest BCUT2D eigenvalue weighted by atomic mass is 10.1. The molecule has 0 amide bonds. The molecule has 94 valence electrons. The molecular weight excluding hydrogens is 212 g/mol. The zero-order valence-electron chi connectivity index (χ0n) is 10.5. The van der Waals surface area contributed by atoms with E-state index in [0.29, 0.717) is 6.54 Å². The molecular formula is C14H22N2O. The number of rotatable bonds is 6. The van der Waals surface area contributed by atoms with E-state index in [9.17, 15) is 5.11 Å². The van der Waals surface area contributed by atoms with Gasteiger partial charge in [-0.1, -0.05) is 31.2 Å². The molecule has 17 heavy (non-hydrogen) atoms.